The van der Waals surface area contributed by atoms with Crippen LogP contribution < -0.4 is 0 Å². The molecule has 2 aromatic rings. The standard InChI is InChI=1S/C42H64F2N2O30/c43-9-1-11-12(2-10(9)44)46-37(45-11)26(61)21(56)32(13(53)3-47)72-39-28(63)22(57)34(15(5-49)68-39)74-41-30(65)24(59)36(17(7-51)70-41)76-42-31(66)25(60)35(18(8-52)71-42)75-40-29(64)23(58)33(16(6-50)69-40)73-38-27(62)20(55)19(54)14(4-48)67-38/h1-2,13-36,38-42,47-66H,3-8H2,(H,45,46)/t13?,14?,15?,16?,17?,18?,19-,20+,21-,22-,23-,24-,25-,26?,27?,28?,29?,30?,31?,32-,33-,34-,35-,36-,38-,39-,40-,41-,42-/m1/s1. The number of aliphatic hydroxyl groups excluding tert-OH is 20. The molecule has 5 saturated heterocycles. The number of hydrogen-bond donors (Lipinski definition) is 21. The van der Waals surface area contributed by atoms with Crippen molar-refractivity contribution in [3.8, 4) is 0 Å². The molecule has 1 aromatic heterocycles. The minimum Gasteiger partial charge on any atom is -0.394 e. The summed E-state index contributed by atoms with van der Waals surface area (Å²) in [6.45, 7) is -6.17. The Kier molecular flexibility index (Phi) is 20.7. The average molecular weight is 1110 g/mol. The fourth-order valence-electron chi connectivity index (χ4n) is 9.30. The molecule has 32 nitrogen and oxygen atoms in total. The van der Waals surface area contributed by atoms with E-state index < -0.39 is 235 Å². The number of benzene rings is 1. The van der Waals surface area contributed by atoms with E-state index in [9.17, 15) is 111 Å². The molecule has 0 spiro atoms. The molecule has 12 unspecified atom stereocenters. The molecule has 34 heteroatoms. The fraction of sp³-hybridized carbons (Fsp3) is 0.833. The third-order valence-corrected chi connectivity index (χ3v) is 13.6. The van der Waals surface area contributed by atoms with Gasteiger partial charge in [0.2, 0.25) is 0 Å². The van der Waals surface area contributed by atoms with Crippen molar-refractivity contribution < 1.29 is 158 Å². The Morgan fingerprint density at radius 2 is 0.803 bits per heavy atom. The molecule has 0 aliphatic carbocycles. The summed E-state index contributed by atoms with van der Waals surface area (Å²) < 4.78 is 83.2. The van der Waals surface area contributed by atoms with Crippen molar-refractivity contribution in [3.05, 3.63) is 29.6 Å². The highest BCUT2D eigenvalue weighted by Crippen LogP contribution is 2.37. The highest BCUT2D eigenvalue weighted by atomic mass is 19.2. The molecule has 5 aliphatic heterocycles. The molecule has 0 radical (unpaired) electrons. The summed E-state index contributed by atoms with van der Waals surface area (Å²) in [5.74, 6) is -3.06. The molecule has 0 amide bonds. The maximum atomic E-state index is 13.8. The van der Waals surface area contributed by atoms with Crippen LogP contribution >= 0.6 is 0 Å². The molecule has 21 N–H and O–H groups in total. The number of fused-ring (bicyclic) bond motifs is 1. The van der Waals surface area contributed by atoms with E-state index in [-0.39, 0.29) is 11.0 Å². The van der Waals surface area contributed by atoms with E-state index in [1.807, 2.05) is 0 Å². The maximum Gasteiger partial charge on any atom is 0.187 e. The molecule has 5 aliphatic rings. The largest absolute Gasteiger partial charge is 0.394 e. The Labute approximate surface area is 426 Å². The van der Waals surface area contributed by atoms with E-state index in [2.05, 4.69) is 9.97 Å². The van der Waals surface area contributed by atoms with Crippen molar-refractivity contribution in [1.82, 2.24) is 9.97 Å². The van der Waals surface area contributed by atoms with Gasteiger partial charge in [-0.05, 0) is 0 Å². The lowest BCUT2D eigenvalue weighted by Crippen LogP contribution is -2.68. The van der Waals surface area contributed by atoms with Gasteiger partial charge >= 0.3 is 0 Å². The van der Waals surface area contributed by atoms with Crippen molar-refractivity contribution in [2.24, 2.45) is 0 Å². The summed E-state index contributed by atoms with van der Waals surface area (Å²) >= 11 is 0. The summed E-state index contributed by atoms with van der Waals surface area (Å²) in [7, 11) is 0. The van der Waals surface area contributed by atoms with E-state index in [0.717, 1.165) is 0 Å². The lowest BCUT2D eigenvalue weighted by molar-refractivity contribution is -0.394. The average Bonchev–Trinajstić information content (AvgIpc) is 3.82. The van der Waals surface area contributed by atoms with Crippen LogP contribution in [0.15, 0.2) is 12.1 Å². The van der Waals surface area contributed by atoms with Gasteiger partial charge in [0.1, 0.15) is 152 Å². The number of nitrogens with zero attached hydrogens (tertiary/aromatic N) is 1. The first-order valence-electron chi connectivity index (χ1n) is 23.6. The first kappa shape index (κ1) is 61.0. The topological polar surface area (TPSA) is 526 Å². The number of aliphatic hydroxyl groups is 20. The molecule has 76 heavy (non-hydrogen) atoms. The summed E-state index contributed by atoms with van der Waals surface area (Å²) in [5.41, 5.74) is -0.300. The van der Waals surface area contributed by atoms with Gasteiger partial charge < -0.3 is 154 Å². The summed E-state index contributed by atoms with van der Waals surface area (Å²) in [5, 5.41) is 213. The van der Waals surface area contributed by atoms with E-state index in [4.69, 9.17) is 47.4 Å². The van der Waals surface area contributed by atoms with Crippen molar-refractivity contribution in [1.29, 1.82) is 0 Å². The lowest BCUT2D eigenvalue weighted by atomic mass is 9.95. The molecular formula is C42H64F2N2O30. The third kappa shape index (κ3) is 12.3. The zero-order valence-corrected chi connectivity index (χ0v) is 39.4. The lowest BCUT2D eigenvalue weighted by Gasteiger charge is -2.49. The van der Waals surface area contributed by atoms with Crippen molar-refractivity contribution in [2.75, 3.05) is 39.6 Å². The second-order valence-electron chi connectivity index (χ2n) is 18.6. The van der Waals surface area contributed by atoms with Gasteiger partial charge in [0.25, 0.3) is 0 Å². The van der Waals surface area contributed by atoms with E-state index >= 15 is 0 Å². The van der Waals surface area contributed by atoms with Crippen LogP contribution in [-0.2, 0) is 47.4 Å². The summed E-state index contributed by atoms with van der Waals surface area (Å²) in [4.78, 5) is 6.34. The van der Waals surface area contributed by atoms with Gasteiger partial charge in [-0.1, -0.05) is 0 Å². The predicted molar refractivity (Wildman–Crippen MR) is 229 cm³/mol. The Morgan fingerprint density at radius 1 is 0.461 bits per heavy atom. The van der Waals surface area contributed by atoms with Crippen LogP contribution in [0.5, 0.6) is 0 Å². The van der Waals surface area contributed by atoms with Gasteiger partial charge in [-0.15, -0.1) is 0 Å². The normalized spacial score (nSPS) is 44.2. The molecule has 0 bridgehead atoms. The number of nitrogens with one attached hydrogen (secondary N) is 1. The van der Waals surface area contributed by atoms with E-state index in [1.54, 1.807) is 0 Å². The fourth-order valence-corrected chi connectivity index (χ4v) is 9.30. The minimum atomic E-state index is -2.27. The number of H-pyrrole nitrogens is 1. The van der Waals surface area contributed by atoms with Crippen LogP contribution in [0, 0.1) is 11.6 Å². The van der Waals surface area contributed by atoms with Gasteiger partial charge in [-0.2, -0.15) is 0 Å². The number of ether oxygens (including phenoxy) is 10. The second kappa shape index (κ2) is 25.9. The molecule has 7 rings (SSSR count). The smallest absolute Gasteiger partial charge is 0.187 e. The van der Waals surface area contributed by atoms with E-state index in [1.165, 1.54) is 0 Å². The number of halogens is 2. The molecule has 436 valence electrons. The Morgan fingerprint density at radius 3 is 1.18 bits per heavy atom. The predicted octanol–water partition coefficient (Wildman–Crippen LogP) is -11.9. The highest BCUT2D eigenvalue weighted by molar-refractivity contribution is 5.75. The zero-order chi connectivity index (χ0) is 55.8. The quantitative estimate of drug-likeness (QED) is 0.0585. The van der Waals surface area contributed by atoms with Gasteiger partial charge in [-0.3, -0.25) is 0 Å². The van der Waals surface area contributed by atoms with Crippen molar-refractivity contribution in [2.45, 2.75) is 178 Å². The molecule has 29 atom stereocenters. The molecule has 1 aromatic carbocycles. The Hall–Kier alpha value is -2.65. The molecular weight excluding hydrogens is 1050 g/mol. The molecule has 6 heterocycles. The zero-order valence-electron chi connectivity index (χ0n) is 39.4. The van der Waals surface area contributed by atoms with Crippen LogP contribution in [0.1, 0.15) is 11.9 Å². The van der Waals surface area contributed by atoms with Gasteiger partial charge in [-0.25, -0.2) is 13.8 Å². The van der Waals surface area contributed by atoms with Crippen LogP contribution in [0.3, 0.4) is 0 Å². The molecule has 5 fully saturated rings. The Balaban J connectivity index is 0.966. The van der Waals surface area contributed by atoms with Crippen molar-refractivity contribution in [3.63, 3.8) is 0 Å². The van der Waals surface area contributed by atoms with Crippen LogP contribution in [0.4, 0.5) is 8.78 Å². The maximum absolute atomic E-state index is 13.8. The summed E-state index contributed by atoms with van der Waals surface area (Å²) in [6, 6.07) is 1.39. The number of rotatable bonds is 20. The van der Waals surface area contributed by atoms with E-state index in [0.29, 0.717) is 12.1 Å². The number of aromatic nitrogens is 2. The van der Waals surface area contributed by atoms with Crippen LogP contribution in [0.2, 0.25) is 0 Å². The number of imidazole rings is 1. The second-order valence-corrected chi connectivity index (χ2v) is 18.6. The first-order chi connectivity index (χ1) is 36.0. The third-order valence-electron chi connectivity index (χ3n) is 13.6. The van der Waals surface area contributed by atoms with Crippen LogP contribution in [-0.4, -0.2) is 324 Å². The highest BCUT2D eigenvalue weighted by Gasteiger charge is 2.57. The number of aromatic amines is 1. The SMILES string of the molecule is OCC1O[C@H](O[C@@H]2C(CO)O[C@H](O[C@@H]3C(CO)O[C@H](O[C@@H]4C(CO)O[C@H](O[C@@H]5C(CO)O[C@H](O[C@H](C(O)CO)[C@H](O)C(O)c6nc7cc(F)c(F)cc7[nH]6)C(O)[C@H]5O)C(O)[C@H]4O)C(O)[C@H]3O)C(O)[C@H]2O)C(O)[C@@H](O)[C@@H]1O. The summed E-state index contributed by atoms with van der Waals surface area (Å²) in [6.07, 6.45) is -57.7. The van der Waals surface area contributed by atoms with Crippen LogP contribution in [0.25, 0.3) is 11.0 Å². The monoisotopic (exact) mass is 1110 g/mol. The Bertz CT molecular complexity index is 2100. The molecule has 0 saturated carbocycles. The van der Waals surface area contributed by atoms with Crippen molar-refractivity contribution >= 4 is 11.0 Å². The van der Waals surface area contributed by atoms with Gasteiger partial charge in [0.05, 0.1) is 50.7 Å². The van der Waals surface area contributed by atoms with Gasteiger partial charge in [0, 0.05) is 12.1 Å². The number of hydrogen-bond acceptors (Lipinski definition) is 31. The minimum absolute atomic E-state index is 0.115. The van der Waals surface area contributed by atoms with Gasteiger partial charge in [0.15, 0.2) is 43.1 Å². The first-order valence-corrected chi connectivity index (χ1v) is 23.6.